The number of anilines is 2. The first-order valence-electron chi connectivity index (χ1n) is 6.35. The third-order valence-corrected chi connectivity index (χ3v) is 2.50. The molecule has 1 amide bonds. The number of ether oxygens (including phenoxy) is 1. The Balaban J connectivity index is 0.000000232. The molecule has 1 aliphatic rings. The van der Waals surface area contributed by atoms with Crippen LogP contribution in [0, 0.1) is 5.92 Å². The summed E-state index contributed by atoms with van der Waals surface area (Å²) >= 11 is 0. The first kappa shape index (κ1) is 14.4. The molecule has 0 spiro atoms. The molecule has 0 fully saturated rings. The minimum atomic E-state index is -0.145. The average Bonchev–Trinajstić information content (AvgIpc) is 2.28. The molecule has 0 saturated carbocycles. The summed E-state index contributed by atoms with van der Waals surface area (Å²) in [5, 5.41) is 2.66. The molecule has 0 saturated heterocycles. The molecule has 2 rings (SSSR count). The molecular formula is C14H22N2O2. The Labute approximate surface area is 109 Å². The van der Waals surface area contributed by atoms with Crippen LogP contribution >= 0.6 is 0 Å². The average molecular weight is 250 g/mol. The van der Waals surface area contributed by atoms with Gasteiger partial charge in [0, 0.05) is 5.69 Å². The molecule has 100 valence electrons. The van der Waals surface area contributed by atoms with Crippen LogP contribution in [0.25, 0.3) is 0 Å². The molecule has 0 aromatic heterocycles. The first-order valence-corrected chi connectivity index (χ1v) is 6.35. The molecule has 1 aliphatic heterocycles. The molecule has 3 N–H and O–H groups in total. The summed E-state index contributed by atoms with van der Waals surface area (Å²) in [5.41, 5.74) is 6.78. The van der Waals surface area contributed by atoms with E-state index >= 15 is 0 Å². The fraction of sp³-hybridized carbons (Fsp3) is 0.500. The molecule has 4 heteroatoms. The highest BCUT2D eigenvalue weighted by Crippen LogP contribution is 2.28. The second kappa shape index (κ2) is 6.89. The van der Waals surface area contributed by atoms with Crippen molar-refractivity contribution in [3.8, 4) is 5.75 Å². The van der Waals surface area contributed by atoms with Crippen LogP contribution in [-0.2, 0) is 4.79 Å². The second-order valence-electron chi connectivity index (χ2n) is 4.77. The van der Waals surface area contributed by atoms with E-state index in [1.54, 1.807) is 18.2 Å². The monoisotopic (exact) mass is 250 g/mol. The van der Waals surface area contributed by atoms with E-state index in [0.29, 0.717) is 17.1 Å². The Morgan fingerprint density at radius 3 is 2.72 bits per heavy atom. The van der Waals surface area contributed by atoms with E-state index in [1.165, 1.54) is 12.8 Å². The van der Waals surface area contributed by atoms with E-state index in [-0.39, 0.29) is 12.5 Å². The maximum absolute atomic E-state index is 10.9. The Morgan fingerprint density at radius 2 is 2.17 bits per heavy atom. The lowest BCUT2D eigenvalue weighted by Crippen LogP contribution is -2.25. The van der Waals surface area contributed by atoms with Gasteiger partial charge in [0.2, 0.25) is 0 Å². The van der Waals surface area contributed by atoms with Crippen molar-refractivity contribution in [3.63, 3.8) is 0 Å². The van der Waals surface area contributed by atoms with Crippen molar-refractivity contribution >= 4 is 17.3 Å². The lowest BCUT2D eigenvalue weighted by atomic mass is 10.1. The van der Waals surface area contributed by atoms with E-state index < -0.39 is 0 Å². The van der Waals surface area contributed by atoms with Crippen molar-refractivity contribution < 1.29 is 9.53 Å². The van der Waals surface area contributed by atoms with Crippen molar-refractivity contribution in [1.29, 1.82) is 0 Å². The zero-order chi connectivity index (χ0) is 13.5. The van der Waals surface area contributed by atoms with Crippen molar-refractivity contribution in [2.45, 2.75) is 33.6 Å². The largest absolute Gasteiger partial charge is 0.482 e. The second-order valence-corrected chi connectivity index (χ2v) is 4.77. The maximum atomic E-state index is 10.9. The summed E-state index contributed by atoms with van der Waals surface area (Å²) in [6.07, 6.45) is 2.71. The van der Waals surface area contributed by atoms with Crippen LogP contribution in [0.1, 0.15) is 33.6 Å². The van der Waals surface area contributed by atoms with Crippen LogP contribution in [0.3, 0.4) is 0 Å². The number of hydrogen-bond donors (Lipinski definition) is 2. The Morgan fingerprint density at radius 1 is 1.44 bits per heavy atom. The number of nitrogen functional groups attached to an aromatic ring is 1. The zero-order valence-electron chi connectivity index (χ0n) is 11.3. The van der Waals surface area contributed by atoms with E-state index in [4.69, 9.17) is 10.5 Å². The number of rotatable bonds is 2. The predicted molar refractivity (Wildman–Crippen MR) is 74.7 cm³/mol. The lowest BCUT2D eigenvalue weighted by molar-refractivity contribution is -0.118. The number of carbonyl (C=O) groups excluding carboxylic acids is 1. The van der Waals surface area contributed by atoms with E-state index in [1.807, 2.05) is 0 Å². The normalized spacial score (nSPS) is 13.0. The summed E-state index contributed by atoms with van der Waals surface area (Å²) in [5.74, 6) is 1.42. The van der Waals surface area contributed by atoms with Crippen LogP contribution in [0.4, 0.5) is 11.4 Å². The molecule has 1 heterocycles. The van der Waals surface area contributed by atoms with Crippen molar-refractivity contribution in [3.05, 3.63) is 18.2 Å². The quantitative estimate of drug-likeness (QED) is 0.793. The first-order chi connectivity index (χ1) is 8.52. The van der Waals surface area contributed by atoms with Crippen molar-refractivity contribution in [2.24, 2.45) is 5.92 Å². The van der Waals surface area contributed by atoms with Gasteiger partial charge in [-0.05, 0) is 24.1 Å². The Kier molecular flexibility index (Phi) is 5.49. The third kappa shape index (κ3) is 4.65. The van der Waals surface area contributed by atoms with Crippen LogP contribution in [0.2, 0.25) is 0 Å². The van der Waals surface area contributed by atoms with Crippen LogP contribution in [0.15, 0.2) is 18.2 Å². The van der Waals surface area contributed by atoms with Gasteiger partial charge in [-0.1, -0.05) is 33.6 Å². The fourth-order valence-corrected chi connectivity index (χ4v) is 1.68. The maximum Gasteiger partial charge on any atom is 0.262 e. The Bertz CT molecular complexity index is 403. The van der Waals surface area contributed by atoms with Crippen LogP contribution < -0.4 is 15.8 Å². The number of fused-ring (bicyclic) bond motifs is 1. The van der Waals surface area contributed by atoms with Gasteiger partial charge in [0.25, 0.3) is 5.91 Å². The van der Waals surface area contributed by atoms with Crippen molar-refractivity contribution in [2.75, 3.05) is 17.7 Å². The van der Waals surface area contributed by atoms with Gasteiger partial charge in [0.05, 0.1) is 5.69 Å². The standard InChI is InChI=1S/C8H8N2O2.C6H14/c9-5-1-2-7-6(3-5)10-8(11)4-12-7;1-4-5-6(2)3/h1-3H,4,9H2,(H,10,11);6H,4-5H2,1-3H3. The number of benzene rings is 1. The van der Waals surface area contributed by atoms with Crippen molar-refractivity contribution in [1.82, 2.24) is 0 Å². The summed E-state index contributed by atoms with van der Waals surface area (Å²) in [7, 11) is 0. The van der Waals surface area contributed by atoms with Gasteiger partial charge in [0.15, 0.2) is 6.61 Å². The SMILES string of the molecule is CCCC(C)C.Nc1ccc2c(c1)NC(=O)CO2. The molecule has 0 atom stereocenters. The number of amides is 1. The number of carbonyl (C=O) groups is 1. The van der Waals surface area contributed by atoms with Gasteiger partial charge in [-0.25, -0.2) is 0 Å². The molecule has 1 aromatic rings. The highest BCUT2D eigenvalue weighted by molar-refractivity contribution is 5.95. The van der Waals surface area contributed by atoms with E-state index in [0.717, 1.165) is 5.92 Å². The number of nitrogens with two attached hydrogens (primary N) is 1. The molecule has 0 bridgehead atoms. The van der Waals surface area contributed by atoms with Gasteiger partial charge >= 0.3 is 0 Å². The minimum Gasteiger partial charge on any atom is -0.482 e. The van der Waals surface area contributed by atoms with Gasteiger partial charge < -0.3 is 15.8 Å². The van der Waals surface area contributed by atoms with Gasteiger partial charge in [-0.2, -0.15) is 0 Å². The highest BCUT2D eigenvalue weighted by atomic mass is 16.5. The minimum absolute atomic E-state index is 0.0803. The summed E-state index contributed by atoms with van der Waals surface area (Å²) in [4.78, 5) is 10.9. The molecule has 18 heavy (non-hydrogen) atoms. The third-order valence-electron chi connectivity index (χ3n) is 2.50. The van der Waals surface area contributed by atoms with Gasteiger partial charge in [-0.3, -0.25) is 4.79 Å². The predicted octanol–water partition coefficient (Wildman–Crippen LogP) is 3.04. The van der Waals surface area contributed by atoms with Gasteiger partial charge in [-0.15, -0.1) is 0 Å². The highest BCUT2D eigenvalue weighted by Gasteiger charge is 2.14. The van der Waals surface area contributed by atoms with Crippen LogP contribution in [-0.4, -0.2) is 12.5 Å². The molecule has 0 radical (unpaired) electrons. The van der Waals surface area contributed by atoms with E-state index in [2.05, 4.69) is 26.1 Å². The lowest BCUT2D eigenvalue weighted by Gasteiger charge is -2.17. The zero-order valence-corrected chi connectivity index (χ0v) is 11.3. The molecule has 1 aromatic carbocycles. The number of hydrogen-bond acceptors (Lipinski definition) is 3. The summed E-state index contributed by atoms with van der Waals surface area (Å²) < 4.78 is 5.12. The molecular weight excluding hydrogens is 228 g/mol. The van der Waals surface area contributed by atoms with E-state index in [9.17, 15) is 4.79 Å². The summed E-state index contributed by atoms with van der Waals surface area (Å²) in [6.45, 7) is 6.81. The summed E-state index contributed by atoms with van der Waals surface area (Å²) in [6, 6.07) is 5.15. The smallest absolute Gasteiger partial charge is 0.262 e. The van der Waals surface area contributed by atoms with Crippen LogP contribution in [0.5, 0.6) is 5.75 Å². The topological polar surface area (TPSA) is 64.3 Å². The Hall–Kier alpha value is -1.71. The number of nitrogens with one attached hydrogen (secondary N) is 1. The molecule has 0 aliphatic carbocycles. The fourth-order valence-electron chi connectivity index (χ4n) is 1.68. The molecule has 0 unspecified atom stereocenters. The van der Waals surface area contributed by atoms with Gasteiger partial charge in [0.1, 0.15) is 5.75 Å². The molecule has 4 nitrogen and oxygen atoms in total.